The van der Waals surface area contributed by atoms with Gasteiger partial charge in [-0.25, -0.2) is 0 Å². The van der Waals surface area contributed by atoms with Crippen LogP contribution in [0.5, 0.6) is 0 Å². The Bertz CT molecular complexity index is 589. The van der Waals surface area contributed by atoms with Crippen molar-refractivity contribution in [2.24, 2.45) is 11.5 Å². The lowest BCUT2D eigenvalue weighted by Crippen LogP contribution is -2.58. The summed E-state index contributed by atoms with van der Waals surface area (Å²) in [7, 11) is 0. The van der Waals surface area contributed by atoms with Gasteiger partial charge in [0.1, 0.15) is 18.1 Å². The molecule has 9 N–H and O–H groups in total. The molecule has 0 heterocycles. The quantitative estimate of drug-likeness (QED) is 0.157. The predicted octanol–water partition coefficient (Wildman–Crippen LogP) is -3.51. The number of aliphatic hydroxyl groups is 1. The summed E-state index contributed by atoms with van der Waals surface area (Å²) in [6, 6.07) is -5.08. The molecule has 0 saturated carbocycles. The first kappa shape index (κ1) is 25.6. The second kappa shape index (κ2) is 12.9. The third-order valence-electron chi connectivity index (χ3n) is 3.55. The number of rotatable bonds is 13. The molecule has 0 radical (unpaired) electrons. The van der Waals surface area contributed by atoms with Crippen LogP contribution < -0.4 is 27.4 Å². The maximum Gasteiger partial charge on any atom is 0.325 e. The largest absolute Gasteiger partial charge is 0.480 e. The molecule has 0 rings (SSSR count). The Hall–Kier alpha value is -2.38. The van der Waals surface area contributed by atoms with E-state index < -0.39 is 66.8 Å². The summed E-state index contributed by atoms with van der Waals surface area (Å²) in [6.07, 6.45) is 1.58. The van der Waals surface area contributed by atoms with Crippen molar-refractivity contribution >= 4 is 41.4 Å². The van der Waals surface area contributed by atoms with Crippen LogP contribution in [0.2, 0.25) is 0 Å². The Labute approximate surface area is 166 Å². The molecule has 13 heteroatoms. The minimum Gasteiger partial charge on any atom is -0.480 e. The zero-order valence-electron chi connectivity index (χ0n) is 15.6. The number of nitrogens with two attached hydrogens (primary N) is 2. The molecule has 0 aliphatic rings. The Balaban J connectivity index is 5.05. The number of hydrogen-bond donors (Lipinski definition) is 7. The number of hydrogen-bond acceptors (Lipinski definition) is 8. The van der Waals surface area contributed by atoms with E-state index in [0.29, 0.717) is 12.2 Å². The van der Waals surface area contributed by atoms with Gasteiger partial charge in [0, 0.05) is 0 Å². The van der Waals surface area contributed by atoms with E-state index in [4.69, 9.17) is 16.6 Å². The minimum absolute atomic E-state index is 0.354. The summed E-state index contributed by atoms with van der Waals surface area (Å²) in [5.74, 6) is -4.21. The zero-order valence-corrected chi connectivity index (χ0v) is 16.5. The standard InChI is InChI=1S/C15H27N5O7S/c1-7(15(26)27)18-13(24)9(5-11(17)22)19-14(25)10(6-21)20-12(23)8(16)3-4-28-2/h7-10,21H,3-6,16H2,1-2H3,(H2,17,22)(H,18,24)(H,19,25)(H,20,23)(H,26,27). The second-order valence-electron chi connectivity index (χ2n) is 5.93. The summed E-state index contributed by atoms with van der Waals surface area (Å²) in [5, 5.41) is 24.7. The van der Waals surface area contributed by atoms with E-state index in [-0.39, 0.29) is 0 Å². The van der Waals surface area contributed by atoms with Gasteiger partial charge in [0.25, 0.3) is 0 Å². The minimum atomic E-state index is -1.48. The molecule has 0 aromatic carbocycles. The molecular formula is C15H27N5O7S. The zero-order chi connectivity index (χ0) is 21.9. The molecule has 4 unspecified atom stereocenters. The van der Waals surface area contributed by atoms with Crippen LogP contribution in [-0.2, 0) is 24.0 Å². The molecule has 0 aliphatic heterocycles. The van der Waals surface area contributed by atoms with Gasteiger partial charge in [0.05, 0.1) is 19.1 Å². The van der Waals surface area contributed by atoms with E-state index in [1.54, 1.807) is 0 Å². The van der Waals surface area contributed by atoms with Gasteiger partial charge in [-0.1, -0.05) is 0 Å². The van der Waals surface area contributed by atoms with Crippen LogP contribution in [-0.4, -0.2) is 82.6 Å². The fraction of sp³-hybridized carbons (Fsp3) is 0.667. The Morgan fingerprint density at radius 2 is 1.54 bits per heavy atom. The highest BCUT2D eigenvalue weighted by atomic mass is 32.2. The first-order valence-corrected chi connectivity index (χ1v) is 9.70. The van der Waals surface area contributed by atoms with Crippen molar-refractivity contribution in [3.63, 3.8) is 0 Å². The number of carbonyl (C=O) groups excluding carboxylic acids is 4. The highest BCUT2D eigenvalue weighted by Crippen LogP contribution is 2.00. The van der Waals surface area contributed by atoms with Gasteiger partial charge in [-0.05, 0) is 25.4 Å². The Morgan fingerprint density at radius 3 is 2.00 bits per heavy atom. The van der Waals surface area contributed by atoms with Gasteiger partial charge in [0.15, 0.2) is 0 Å². The fourth-order valence-electron chi connectivity index (χ4n) is 1.91. The highest BCUT2D eigenvalue weighted by molar-refractivity contribution is 7.98. The summed E-state index contributed by atoms with van der Waals surface area (Å²) >= 11 is 1.48. The van der Waals surface area contributed by atoms with Gasteiger partial charge >= 0.3 is 5.97 Å². The third-order valence-corrected chi connectivity index (χ3v) is 4.20. The van der Waals surface area contributed by atoms with Crippen LogP contribution in [0.4, 0.5) is 0 Å². The Kier molecular flexibility index (Phi) is 11.8. The normalized spacial score (nSPS) is 14.9. The van der Waals surface area contributed by atoms with Crippen molar-refractivity contribution in [3.8, 4) is 0 Å². The molecule has 0 aromatic rings. The van der Waals surface area contributed by atoms with Crippen LogP contribution in [0, 0.1) is 0 Å². The molecule has 12 nitrogen and oxygen atoms in total. The topological polar surface area (TPSA) is 214 Å². The number of aliphatic carboxylic acids is 1. The lowest BCUT2D eigenvalue weighted by Gasteiger charge is -2.23. The van der Waals surface area contributed by atoms with Crippen LogP contribution in [0.3, 0.4) is 0 Å². The fourth-order valence-corrected chi connectivity index (χ4v) is 2.40. The summed E-state index contributed by atoms with van der Waals surface area (Å²) < 4.78 is 0. The number of nitrogens with one attached hydrogen (secondary N) is 3. The number of carboxylic acid groups (broad SMARTS) is 1. The second-order valence-corrected chi connectivity index (χ2v) is 6.92. The molecule has 0 saturated heterocycles. The van der Waals surface area contributed by atoms with Crippen molar-refractivity contribution in [2.75, 3.05) is 18.6 Å². The molecule has 0 bridgehead atoms. The lowest BCUT2D eigenvalue weighted by molar-refractivity contribution is -0.142. The van der Waals surface area contributed by atoms with E-state index in [9.17, 15) is 29.1 Å². The third kappa shape index (κ3) is 9.53. The van der Waals surface area contributed by atoms with Crippen LogP contribution in [0.1, 0.15) is 19.8 Å². The molecule has 28 heavy (non-hydrogen) atoms. The molecule has 0 spiro atoms. The van der Waals surface area contributed by atoms with Crippen molar-refractivity contribution in [1.29, 1.82) is 0 Å². The molecule has 160 valence electrons. The monoisotopic (exact) mass is 421 g/mol. The summed E-state index contributed by atoms with van der Waals surface area (Å²) in [5.41, 5.74) is 10.7. The van der Waals surface area contributed by atoms with Crippen molar-refractivity contribution in [2.45, 2.75) is 43.9 Å². The average Bonchev–Trinajstić information content (AvgIpc) is 2.62. The number of thioether (sulfide) groups is 1. The lowest BCUT2D eigenvalue weighted by atomic mass is 10.1. The molecular weight excluding hydrogens is 394 g/mol. The van der Waals surface area contributed by atoms with Crippen LogP contribution in [0.15, 0.2) is 0 Å². The maximum atomic E-state index is 12.3. The smallest absolute Gasteiger partial charge is 0.325 e. The van der Waals surface area contributed by atoms with Gasteiger partial charge in [0.2, 0.25) is 23.6 Å². The molecule has 4 atom stereocenters. The van der Waals surface area contributed by atoms with E-state index in [1.807, 2.05) is 6.26 Å². The molecule has 0 fully saturated rings. The number of primary amides is 1. The summed E-state index contributed by atoms with van der Waals surface area (Å²) in [4.78, 5) is 58.4. The molecule has 0 aromatic heterocycles. The highest BCUT2D eigenvalue weighted by Gasteiger charge is 2.29. The van der Waals surface area contributed by atoms with Crippen molar-refractivity contribution < 1.29 is 34.2 Å². The first-order valence-electron chi connectivity index (χ1n) is 8.31. The van der Waals surface area contributed by atoms with Gasteiger partial charge in [-0.15, -0.1) is 0 Å². The number of carbonyl (C=O) groups is 5. The maximum absolute atomic E-state index is 12.3. The first-order chi connectivity index (χ1) is 13.0. The van der Waals surface area contributed by atoms with Crippen molar-refractivity contribution in [3.05, 3.63) is 0 Å². The summed E-state index contributed by atoms with van der Waals surface area (Å²) in [6.45, 7) is 0.402. The van der Waals surface area contributed by atoms with E-state index in [0.717, 1.165) is 0 Å². The SMILES string of the molecule is CSCCC(N)C(=O)NC(CO)C(=O)NC(CC(N)=O)C(=O)NC(C)C(=O)O. The Morgan fingerprint density at radius 1 is 1.00 bits per heavy atom. The van der Waals surface area contributed by atoms with Gasteiger partial charge in [-0.3, -0.25) is 24.0 Å². The van der Waals surface area contributed by atoms with E-state index in [2.05, 4.69) is 16.0 Å². The van der Waals surface area contributed by atoms with E-state index in [1.165, 1.54) is 18.7 Å². The van der Waals surface area contributed by atoms with E-state index >= 15 is 0 Å². The van der Waals surface area contributed by atoms with Crippen LogP contribution in [0.25, 0.3) is 0 Å². The molecule has 0 aliphatic carbocycles. The van der Waals surface area contributed by atoms with Crippen LogP contribution >= 0.6 is 11.8 Å². The van der Waals surface area contributed by atoms with Gasteiger partial charge in [-0.2, -0.15) is 11.8 Å². The average molecular weight is 421 g/mol. The molecule has 4 amide bonds. The predicted molar refractivity (Wildman–Crippen MR) is 101 cm³/mol. The number of carboxylic acids is 1. The number of amides is 4. The van der Waals surface area contributed by atoms with Crippen molar-refractivity contribution in [1.82, 2.24) is 16.0 Å². The number of aliphatic hydroxyl groups excluding tert-OH is 1. The van der Waals surface area contributed by atoms with Gasteiger partial charge < -0.3 is 37.6 Å².